The number of piperazine rings is 1. The average Bonchev–Trinajstić information content (AvgIpc) is 2.80. The van der Waals surface area contributed by atoms with E-state index < -0.39 is 5.25 Å². The fourth-order valence-electron chi connectivity index (χ4n) is 3.95. The standard InChI is InChI=1S/C23H26ClN3O4S/c1-30-17-4-5-19(31-2)15(11-17)14-26-7-9-27(10-8-26)22(28)13-21-23(29)25-18-12-16(24)3-6-20(18)32-21/h3-6,11-12,21H,7-10,13-14H2,1-2H3,(H,25,29). The number of fused-ring (bicyclic) bond motifs is 1. The Kier molecular flexibility index (Phi) is 7.13. The molecule has 32 heavy (non-hydrogen) atoms. The number of hydrogen-bond acceptors (Lipinski definition) is 6. The highest BCUT2D eigenvalue weighted by Crippen LogP contribution is 2.38. The highest BCUT2D eigenvalue weighted by molar-refractivity contribution is 8.01. The molecule has 4 rings (SSSR count). The minimum Gasteiger partial charge on any atom is -0.497 e. The van der Waals surface area contributed by atoms with Crippen molar-refractivity contribution in [1.29, 1.82) is 0 Å². The van der Waals surface area contributed by atoms with Gasteiger partial charge in [0.2, 0.25) is 11.8 Å². The predicted molar refractivity (Wildman–Crippen MR) is 126 cm³/mol. The van der Waals surface area contributed by atoms with Crippen LogP contribution in [-0.2, 0) is 16.1 Å². The summed E-state index contributed by atoms with van der Waals surface area (Å²) in [5, 5.41) is 3.01. The second kappa shape index (κ2) is 10.0. The lowest BCUT2D eigenvalue weighted by Crippen LogP contribution is -2.49. The SMILES string of the molecule is COc1ccc(OC)c(CN2CCN(C(=O)CC3Sc4ccc(Cl)cc4NC3=O)CC2)c1. The van der Waals surface area contributed by atoms with E-state index >= 15 is 0 Å². The van der Waals surface area contributed by atoms with Crippen molar-refractivity contribution in [2.75, 3.05) is 45.7 Å². The largest absolute Gasteiger partial charge is 0.497 e. The zero-order valence-corrected chi connectivity index (χ0v) is 19.7. The van der Waals surface area contributed by atoms with E-state index in [4.69, 9.17) is 21.1 Å². The number of thioether (sulfide) groups is 1. The summed E-state index contributed by atoms with van der Waals surface area (Å²) in [6.45, 7) is 3.52. The van der Waals surface area contributed by atoms with Gasteiger partial charge in [0.05, 0.1) is 25.2 Å². The maximum atomic E-state index is 12.9. The first-order valence-corrected chi connectivity index (χ1v) is 11.7. The number of hydrogen-bond donors (Lipinski definition) is 1. The second-order valence-electron chi connectivity index (χ2n) is 7.78. The summed E-state index contributed by atoms with van der Waals surface area (Å²) in [5.74, 6) is 1.48. The van der Waals surface area contributed by atoms with Crippen LogP contribution in [0.2, 0.25) is 5.02 Å². The molecule has 1 N–H and O–H groups in total. The van der Waals surface area contributed by atoms with E-state index in [9.17, 15) is 9.59 Å². The number of methoxy groups -OCH3 is 2. The first kappa shape index (κ1) is 22.8. The molecule has 2 heterocycles. The normalized spacial score (nSPS) is 18.7. The number of benzene rings is 2. The molecule has 0 saturated carbocycles. The number of anilines is 1. The molecule has 2 aliphatic heterocycles. The second-order valence-corrected chi connectivity index (χ2v) is 9.46. The summed E-state index contributed by atoms with van der Waals surface area (Å²) in [5.41, 5.74) is 1.76. The van der Waals surface area contributed by atoms with Crippen molar-refractivity contribution in [3.05, 3.63) is 47.0 Å². The average molecular weight is 476 g/mol. The van der Waals surface area contributed by atoms with Crippen molar-refractivity contribution in [3.63, 3.8) is 0 Å². The number of rotatable bonds is 6. The van der Waals surface area contributed by atoms with Gasteiger partial charge < -0.3 is 19.7 Å². The summed E-state index contributed by atoms with van der Waals surface area (Å²) in [6, 6.07) is 11.2. The van der Waals surface area contributed by atoms with Crippen LogP contribution in [0.1, 0.15) is 12.0 Å². The molecule has 0 spiro atoms. The Balaban J connectivity index is 1.31. The van der Waals surface area contributed by atoms with Crippen LogP contribution in [0.3, 0.4) is 0 Å². The molecule has 1 atom stereocenters. The van der Waals surface area contributed by atoms with E-state index in [0.717, 1.165) is 41.6 Å². The molecule has 2 aromatic rings. The van der Waals surface area contributed by atoms with Gasteiger partial charge in [0, 0.05) is 54.6 Å². The van der Waals surface area contributed by atoms with Gasteiger partial charge in [0.25, 0.3) is 0 Å². The number of amides is 2. The fourth-order valence-corrected chi connectivity index (χ4v) is 5.20. The van der Waals surface area contributed by atoms with Gasteiger partial charge in [-0.25, -0.2) is 0 Å². The lowest BCUT2D eigenvalue weighted by molar-refractivity contribution is -0.134. The minimum atomic E-state index is -0.435. The minimum absolute atomic E-state index is 0.00803. The van der Waals surface area contributed by atoms with Gasteiger partial charge in [-0.1, -0.05) is 11.6 Å². The zero-order chi connectivity index (χ0) is 22.7. The lowest BCUT2D eigenvalue weighted by Gasteiger charge is -2.35. The van der Waals surface area contributed by atoms with Gasteiger partial charge in [0.15, 0.2) is 0 Å². The maximum absolute atomic E-state index is 12.9. The van der Waals surface area contributed by atoms with Crippen LogP contribution in [0.25, 0.3) is 0 Å². The van der Waals surface area contributed by atoms with Crippen LogP contribution >= 0.6 is 23.4 Å². The van der Waals surface area contributed by atoms with Crippen LogP contribution in [-0.4, -0.2) is 67.3 Å². The Labute approximate surface area is 197 Å². The molecule has 1 fully saturated rings. The molecule has 2 aliphatic rings. The van der Waals surface area contributed by atoms with E-state index in [1.807, 2.05) is 29.2 Å². The topological polar surface area (TPSA) is 71.1 Å². The number of nitrogens with zero attached hydrogens (tertiary/aromatic N) is 2. The molecular weight excluding hydrogens is 450 g/mol. The van der Waals surface area contributed by atoms with Gasteiger partial charge in [0.1, 0.15) is 11.5 Å². The first-order valence-electron chi connectivity index (χ1n) is 10.4. The third kappa shape index (κ3) is 5.14. The van der Waals surface area contributed by atoms with Gasteiger partial charge in [-0.15, -0.1) is 11.8 Å². The molecule has 7 nitrogen and oxygen atoms in total. The quantitative estimate of drug-likeness (QED) is 0.689. The molecule has 1 saturated heterocycles. The molecule has 1 unspecified atom stereocenters. The van der Waals surface area contributed by atoms with E-state index in [1.165, 1.54) is 11.8 Å². The van der Waals surface area contributed by atoms with Crippen LogP contribution < -0.4 is 14.8 Å². The van der Waals surface area contributed by atoms with E-state index in [2.05, 4.69) is 10.2 Å². The van der Waals surface area contributed by atoms with Crippen molar-refractivity contribution < 1.29 is 19.1 Å². The Morgan fingerprint density at radius 1 is 1.12 bits per heavy atom. The van der Waals surface area contributed by atoms with E-state index in [1.54, 1.807) is 26.4 Å². The molecular formula is C23H26ClN3O4S. The number of halogens is 1. The van der Waals surface area contributed by atoms with Crippen LogP contribution in [0.5, 0.6) is 11.5 Å². The summed E-state index contributed by atoms with van der Waals surface area (Å²) in [7, 11) is 3.31. The molecule has 2 amide bonds. The Bertz CT molecular complexity index is 1010. The molecule has 0 bridgehead atoms. The van der Waals surface area contributed by atoms with Crippen molar-refractivity contribution in [3.8, 4) is 11.5 Å². The van der Waals surface area contributed by atoms with Gasteiger partial charge in [-0.2, -0.15) is 0 Å². The number of carbonyl (C=O) groups is 2. The van der Waals surface area contributed by atoms with E-state index in [-0.39, 0.29) is 18.2 Å². The molecule has 0 radical (unpaired) electrons. The highest BCUT2D eigenvalue weighted by Gasteiger charge is 2.31. The molecule has 2 aromatic carbocycles. The van der Waals surface area contributed by atoms with E-state index in [0.29, 0.717) is 23.8 Å². The van der Waals surface area contributed by atoms with Crippen molar-refractivity contribution >= 4 is 40.9 Å². The van der Waals surface area contributed by atoms with Crippen LogP contribution in [0.4, 0.5) is 5.69 Å². The zero-order valence-electron chi connectivity index (χ0n) is 18.1. The van der Waals surface area contributed by atoms with Crippen LogP contribution in [0.15, 0.2) is 41.3 Å². The fraction of sp³-hybridized carbons (Fsp3) is 0.391. The van der Waals surface area contributed by atoms with Crippen molar-refractivity contribution in [2.24, 2.45) is 0 Å². The number of carbonyl (C=O) groups excluding carboxylic acids is 2. The first-order chi connectivity index (χ1) is 15.5. The summed E-state index contributed by atoms with van der Waals surface area (Å²) in [6.07, 6.45) is 0.183. The molecule has 9 heteroatoms. The molecule has 0 aromatic heterocycles. The van der Waals surface area contributed by atoms with Gasteiger partial charge >= 0.3 is 0 Å². The van der Waals surface area contributed by atoms with Crippen molar-refractivity contribution in [1.82, 2.24) is 9.80 Å². The van der Waals surface area contributed by atoms with Crippen LogP contribution in [0, 0.1) is 0 Å². The summed E-state index contributed by atoms with van der Waals surface area (Å²) >= 11 is 7.42. The number of nitrogens with one attached hydrogen (secondary N) is 1. The van der Waals surface area contributed by atoms with Gasteiger partial charge in [-0.3, -0.25) is 14.5 Å². The maximum Gasteiger partial charge on any atom is 0.238 e. The monoisotopic (exact) mass is 475 g/mol. The third-order valence-corrected chi connectivity index (χ3v) is 7.24. The summed E-state index contributed by atoms with van der Waals surface area (Å²) < 4.78 is 10.8. The summed E-state index contributed by atoms with van der Waals surface area (Å²) in [4.78, 5) is 30.4. The highest BCUT2D eigenvalue weighted by atomic mass is 35.5. The smallest absolute Gasteiger partial charge is 0.238 e. The predicted octanol–water partition coefficient (Wildman–Crippen LogP) is 3.50. The Hall–Kier alpha value is -2.42. The van der Waals surface area contributed by atoms with Gasteiger partial charge in [-0.05, 0) is 36.4 Å². The lowest BCUT2D eigenvalue weighted by atomic mass is 10.1. The third-order valence-electron chi connectivity index (χ3n) is 5.73. The number of ether oxygens (including phenoxy) is 2. The Morgan fingerprint density at radius 3 is 2.62 bits per heavy atom. The Morgan fingerprint density at radius 2 is 1.91 bits per heavy atom. The van der Waals surface area contributed by atoms with Crippen molar-refractivity contribution in [2.45, 2.75) is 23.1 Å². The molecule has 170 valence electrons. The molecule has 0 aliphatic carbocycles.